The van der Waals surface area contributed by atoms with Gasteiger partial charge in [-0.3, -0.25) is 4.40 Å². The zero-order valence-electron chi connectivity index (χ0n) is 15.8. The molecule has 0 bridgehead atoms. The lowest BCUT2D eigenvalue weighted by molar-refractivity contribution is 0.242. The molecule has 0 atom stereocenters. The Labute approximate surface area is 158 Å². The standard InChI is InChI=1S/C21H23N5O/c1-15(2)27-17-7-8-18(20-5-4-6-21-23-9-10-26(20)21)19(11-17)24-13-16-12-22-14-25(16)3/h4-12,14-15,24H,13H2,1-3H3. The SMILES string of the molecule is CC(C)Oc1ccc(-c2cccc3nccn23)c(NCc2cncn2C)c1. The van der Waals surface area contributed by atoms with Gasteiger partial charge >= 0.3 is 0 Å². The quantitative estimate of drug-likeness (QED) is 0.561. The summed E-state index contributed by atoms with van der Waals surface area (Å²) in [6.07, 6.45) is 7.60. The molecule has 138 valence electrons. The summed E-state index contributed by atoms with van der Waals surface area (Å²) in [6.45, 7) is 4.74. The second-order valence-corrected chi connectivity index (χ2v) is 6.79. The number of imidazole rings is 2. The monoisotopic (exact) mass is 361 g/mol. The van der Waals surface area contributed by atoms with Crippen LogP contribution in [0.3, 0.4) is 0 Å². The minimum Gasteiger partial charge on any atom is -0.491 e. The lowest BCUT2D eigenvalue weighted by Crippen LogP contribution is -2.08. The Bertz CT molecular complexity index is 1060. The predicted molar refractivity (Wildman–Crippen MR) is 107 cm³/mol. The third-order valence-electron chi connectivity index (χ3n) is 4.44. The van der Waals surface area contributed by atoms with Crippen molar-refractivity contribution in [3.63, 3.8) is 0 Å². The number of ether oxygens (including phenoxy) is 1. The van der Waals surface area contributed by atoms with Crippen molar-refractivity contribution < 1.29 is 4.74 Å². The van der Waals surface area contributed by atoms with Crippen LogP contribution in [0.4, 0.5) is 5.69 Å². The Morgan fingerprint density at radius 3 is 2.85 bits per heavy atom. The number of hydrogen-bond acceptors (Lipinski definition) is 4. The molecule has 27 heavy (non-hydrogen) atoms. The highest BCUT2D eigenvalue weighted by Crippen LogP contribution is 2.32. The maximum Gasteiger partial charge on any atom is 0.137 e. The molecule has 0 radical (unpaired) electrons. The number of benzene rings is 1. The lowest BCUT2D eigenvalue weighted by atomic mass is 10.1. The first-order chi connectivity index (χ1) is 13.1. The smallest absolute Gasteiger partial charge is 0.137 e. The number of rotatable bonds is 6. The van der Waals surface area contributed by atoms with Crippen LogP contribution in [0.5, 0.6) is 5.75 Å². The van der Waals surface area contributed by atoms with Gasteiger partial charge in [-0.2, -0.15) is 0 Å². The van der Waals surface area contributed by atoms with E-state index in [2.05, 4.69) is 37.9 Å². The van der Waals surface area contributed by atoms with E-state index in [9.17, 15) is 0 Å². The van der Waals surface area contributed by atoms with Crippen molar-refractivity contribution in [2.75, 3.05) is 5.32 Å². The van der Waals surface area contributed by atoms with Crippen molar-refractivity contribution in [2.24, 2.45) is 7.05 Å². The molecule has 0 saturated heterocycles. The molecule has 0 aliphatic carbocycles. The van der Waals surface area contributed by atoms with Gasteiger partial charge in [-0.25, -0.2) is 9.97 Å². The van der Waals surface area contributed by atoms with Crippen molar-refractivity contribution in [1.29, 1.82) is 0 Å². The molecule has 0 aliphatic rings. The van der Waals surface area contributed by atoms with Gasteiger partial charge in [-0.15, -0.1) is 0 Å². The number of fused-ring (bicyclic) bond motifs is 1. The Kier molecular flexibility index (Phi) is 4.54. The molecule has 1 N–H and O–H groups in total. The second kappa shape index (κ2) is 7.15. The molecule has 0 aliphatic heterocycles. The molecule has 0 spiro atoms. The number of nitrogens with zero attached hydrogens (tertiary/aromatic N) is 4. The highest BCUT2D eigenvalue weighted by molar-refractivity contribution is 5.78. The Morgan fingerprint density at radius 1 is 1.19 bits per heavy atom. The topological polar surface area (TPSA) is 56.4 Å². The van der Waals surface area contributed by atoms with Crippen LogP contribution < -0.4 is 10.1 Å². The van der Waals surface area contributed by atoms with Gasteiger partial charge in [-0.05, 0) is 38.1 Å². The van der Waals surface area contributed by atoms with Crippen LogP contribution in [-0.4, -0.2) is 25.0 Å². The van der Waals surface area contributed by atoms with E-state index in [1.807, 2.05) is 68.6 Å². The molecule has 0 amide bonds. The fourth-order valence-corrected chi connectivity index (χ4v) is 3.15. The van der Waals surface area contributed by atoms with Gasteiger partial charge in [-0.1, -0.05) is 6.07 Å². The van der Waals surface area contributed by atoms with Gasteiger partial charge in [0.2, 0.25) is 0 Å². The summed E-state index contributed by atoms with van der Waals surface area (Å²) >= 11 is 0. The number of anilines is 1. The Morgan fingerprint density at radius 2 is 2.07 bits per heavy atom. The Hall–Kier alpha value is -3.28. The first-order valence-corrected chi connectivity index (χ1v) is 9.04. The summed E-state index contributed by atoms with van der Waals surface area (Å²) in [5, 5.41) is 3.55. The molecule has 6 heteroatoms. The number of aryl methyl sites for hydroxylation is 1. The zero-order valence-corrected chi connectivity index (χ0v) is 15.8. The van der Waals surface area contributed by atoms with Crippen LogP contribution in [0.1, 0.15) is 19.5 Å². The van der Waals surface area contributed by atoms with Crippen molar-refractivity contribution >= 4 is 11.3 Å². The fraction of sp³-hybridized carbons (Fsp3) is 0.238. The lowest BCUT2D eigenvalue weighted by Gasteiger charge is -2.17. The molecule has 0 fully saturated rings. The average Bonchev–Trinajstić information content (AvgIpc) is 3.28. The molecule has 6 nitrogen and oxygen atoms in total. The maximum absolute atomic E-state index is 5.90. The molecule has 3 aromatic heterocycles. The highest BCUT2D eigenvalue weighted by Gasteiger charge is 2.12. The van der Waals surface area contributed by atoms with Crippen LogP contribution >= 0.6 is 0 Å². The van der Waals surface area contributed by atoms with Crippen LogP contribution in [0.15, 0.2) is 61.3 Å². The number of nitrogens with one attached hydrogen (secondary N) is 1. The summed E-state index contributed by atoms with van der Waals surface area (Å²) in [7, 11) is 2.00. The highest BCUT2D eigenvalue weighted by atomic mass is 16.5. The largest absolute Gasteiger partial charge is 0.491 e. The molecular formula is C21H23N5O. The van der Waals surface area contributed by atoms with Crippen molar-refractivity contribution in [1.82, 2.24) is 18.9 Å². The molecule has 0 unspecified atom stereocenters. The van der Waals surface area contributed by atoms with E-state index in [4.69, 9.17) is 4.74 Å². The van der Waals surface area contributed by atoms with Gasteiger partial charge in [0.05, 0.1) is 30.4 Å². The normalized spacial score (nSPS) is 11.3. The summed E-state index contributed by atoms with van der Waals surface area (Å²) in [5.41, 5.74) is 5.21. The van der Waals surface area contributed by atoms with Gasteiger partial charge in [0, 0.05) is 43.0 Å². The maximum atomic E-state index is 5.90. The van der Waals surface area contributed by atoms with E-state index in [0.717, 1.165) is 34.0 Å². The van der Waals surface area contributed by atoms with E-state index >= 15 is 0 Å². The summed E-state index contributed by atoms with van der Waals surface area (Å²) in [6, 6.07) is 12.3. The van der Waals surface area contributed by atoms with Crippen molar-refractivity contribution in [3.05, 3.63) is 67.0 Å². The van der Waals surface area contributed by atoms with Crippen molar-refractivity contribution in [3.8, 4) is 17.0 Å². The van der Waals surface area contributed by atoms with Gasteiger partial charge in [0.25, 0.3) is 0 Å². The summed E-state index contributed by atoms with van der Waals surface area (Å²) in [5.74, 6) is 0.846. The third kappa shape index (κ3) is 3.51. The minimum atomic E-state index is 0.123. The molecule has 3 heterocycles. The fourth-order valence-electron chi connectivity index (χ4n) is 3.15. The van der Waals surface area contributed by atoms with E-state index in [1.165, 1.54) is 0 Å². The first-order valence-electron chi connectivity index (χ1n) is 9.04. The van der Waals surface area contributed by atoms with E-state index < -0.39 is 0 Å². The molecule has 4 aromatic rings. The van der Waals surface area contributed by atoms with Crippen molar-refractivity contribution in [2.45, 2.75) is 26.5 Å². The number of pyridine rings is 1. The zero-order chi connectivity index (χ0) is 18.8. The Balaban J connectivity index is 1.75. The minimum absolute atomic E-state index is 0.123. The second-order valence-electron chi connectivity index (χ2n) is 6.79. The molecule has 0 saturated carbocycles. The van der Waals surface area contributed by atoms with Crippen LogP contribution in [0.2, 0.25) is 0 Å². The number of hydrogen-bond donors (Lipinski definition) is 1. The van der Waals surface area contributed by atoms with Gasteiger partial charge in [0.1, 0.15) is 11.4 Å². The summed E-state index contributed by atoms with van der Waals surface area (Å²) < 4.78 is 10.0. The molecule has 4 rings (SSSR count). The van der Waals surface area contributed by atoms with E-state index in [0.29, 0.717) is 6.54 Å². The van der Waals surface area contributed by atoms with Gasteiger partial charge < -0.3 is 14.6 Å². The number of aromatic nitrogens is 4. The van der Waals surface area contributed by atoms with Gasteiger partial charge in [0.15, 0.2) is 0 Å². The predicted octanol–water partition coefficient (Wildman–Crippen LogP) is 4.13. The first kappa shape index (κ1) is 17.1. The van der Waals surface area contributed by atoms with Crippen LogP contribution in [-0.2, 0) is 13.6 Å². The van der Waals surface area contributed by atoms with Crippen LogP contribution in [0, 0.1) is 0 Å². The average molecular weight is 361 g/mol. The van der Waals surface area contributed by atoms with E-state index in [1.54, 1.807) is 0 Å². The van der Waals surface area contributed by atoms with E-state index in [-0.39, 0.29) is 6.10 Å². The molecular weight excluding hydrogens is 338 g/mol. The molecule has 1 aromatic carbocycles. The van der Waals surface area contributed by atoms with Crippen LogP contribution in [0.25, 0.3) is 16.9 Å². The summed E-state index contributed by atoms with van der Waals surface area (Å²) in [4.78, 5) is 8.59. The third-order valence-corrected chi connectivity index (χ3v) is 4.44.